The van der Waals surface area contributed by atoms with Gasteiger partial charge >= 0.3 is 5.97 Å². The van der Waals surface area contributed by atoms with Crippen LogP contribution < -0.4 is 5.73 Å². The van der Waals surface area contributed by atoms with Crippen LogP contribution in [0.2, 0.25) is 0 Å². The van der Waals surface area contributed by atoms with Crippen molar-refractivity contribution in [1.29, 1.82) is 0 Å². The molecular formula is C36H47NO5. The molecule has 10 atom stereocenters. The second kappa shape index (κ2) is 10.3. The monoisotopic (exact) mass is 573 g/mol. The normalized spacial score (nSPS) is 42.3. The summed E-state index contributed by atoms with van der Waals surface area (Å²) < 4.78 is 6.08. The Morgan fingerprint density at radius 3 is 2.38 bits per heavy atom. The SMILES string of the molecule is CC(=O)O[C@H]1C[C@@]2(C)[C@@H](C[C@@H](O)[C@H]3[C@@]4(C)CC[C@@H](O)[C@@H](C)[C@@H]4CC[C@@]32CN)/C1=C(/C(C)=O)c1ccc2ccccc2c1. The number of allylic oxidation sites excluding steroid dienone is 1. The van der Waals surface area contributed by atoms with Crippen molar-refractivity contribution < 1.29 is 24.5 Å². The van der Waals surface area contributed by atoms with Crippen molar-refractivity contribution in [3.8, 4) is 0 Å². The molecule has 4 saturated carbocycles. The highest BCUT2D eigenvalue weighted by molar-refractivity contribution is 6.21. The van der Waals surface area contributed by atoms with E-state index in [2.05, 4.69) is 32.9 Å². The number of benzene rings is 2. The molecule has 0 aliphatic heterocycles. The van der Waals surface area contributed by atoms with E-state index in [0.717, 1.165) is 47.6 Å². The van der Waals surface area contributed by atoms with Gasteiger partial charge in [-0.05, 0) is 120 Å². The Hall–Kier alpha value is -2.54. The van der Waals surface area contributed by atoms with Gasteiger partial charge < -0.3 is 20.7 Å². The molecule has 4 fully saturated rings. The number of ketones is 1. The van der Waals surface area contributed by atoms with Gasteiger partial charge in [-0.25, -0.2) is 0 Å². The number of Topliss-reactive ketones (excluding diaryl/α,β-unsaturated/α-hetero) is 1. The molecule has 0 saturated heterocycles. The Kier molecular flexibility index (Phi) is 7.23. The van der Waals surface area contributed by atoms with E-state index in [4.69, 9.17) is 10.5 Å². The number of carbonyl (C=O) groups excluding carboxylic acids is 2. The number of hydrogen-bond acceptors (Lipinski definition) is 6. The smallest absolute Gasteiger partial charge is 0.303 e. The molecule has 0 amide bonds. The largest absolute Gasteiger partial charge is 0.458 e. The molecule has 4 aliphatic rings. The van der Waals surface area contributed by atoms with E-state index in [1.54, 1.807) is 6.92 Å². The van der Waals surface area contributed by atoms with Gasteiger partial charge in [-0.1, -0.05) is 57.2 Å². The fourth-order valence-corrected chi connectivity index (χ4v) is 10.9. The van der Waals surface area contributed by atoms with Crippen molar-refractivity contribution in [3.05, 3.63) is 53.6 Å². The minimum atomic E-state index is -0.613. The van der Waals surface area contributed by atoms with Crippen molar-refractivity contribution in [3.63, 3.8) is 0 Å². The van der Waals surface area contributed by atoms with Gasteiger partial charge in [0.25, 0.3) is 0 Å². The number of aliphatic hydroxyl groups is 2. The summed E-state index contributed by atoms with van der Waals surface area (Å²) in [6.45, 7) is 10.2. The van der Waals surface area contributed by atoms with Gasteiger partial charge in [0, 0.05) is 12.5 Å². The lowest BCUT2D eigenvalue weighted by Crippen LogP contribution is -2.68. The summed E-state index contributed by atoms with van der Waals surface area (Å²) >= 11 is 0. The zero-order valence-corrected chi connectivity index (χ0v) is 25.7. The summed E-state index contributed by atoms with van der Waals surface area (Å²) in [7, 11) is 0. The fraction of sp³-hybridized carbons (Fsp3) is 0.611. The zero-order chi connectivity index (χ0) is 30.2. The third-order valence-electron chi connectivity index (χ3n) is 12.7. The molecule has 0 heterocycles. The maximum atomic E-state index is 13.6. The van der Waals surface area contributed by atoms with Crippen molar-refractivity contribution in [2.24, 2.45) is 45.7 Å². The van der Waals surface area contributed by atoms with Crippen LogP contribution in [-0.2, 0) is 14.3 Å². The minimum absolute atomic E-state index is 0.0382. The van der Waals surface area contributed by atoms with E-state index < -0.39 is 17.6 Å². The molecule has 6 rings (SSSR count). The van der Waals surface area contributed by atoms with Crippen LogP contribution in [0.5, 0.6) is 0 Å². The van der Waals surface area contributed by atoms with Crippen LogP contribution in [0.4, 0.5) is 0 Å². The summed E-state index contributed by atoms with van der Waals surface area (Å²) in [5.74, 6) is -0.150. The zero-order valence-electron chi connectivity index (χ0n) is 25.7. The van der Waals surface area contributed by atoms with Gasteiger partial charge in [0.2, 0.25) is 0 Å². The van der Waals surface area contributed by atoms with Gasteiger partial charge in [-0.3, -0.25) is 9.59 Å². The van der Waals surface area contributed by atoms with Gasteiger partial charge in [-0.15, -0.1) is 0 Å². The average Bonchev–Trinajstić information content (AvgIpc) is 3.21. The average molecular weight is 574 g/mol. The van der Waals surface area contributed by atoms with E-state index in [9.17, 15) is 19.8 Å². The molecule has 4 aliphatic carbocycles. The summed E-state index contributed by atoms with van der Waals surface area (Å²) in [4.78, 5) is 26.1. The standard InChI is InChI=1S/C36H47NO5/c1-20-26-12-15-36(19-37)33(34(26,4)14-13-28(20)40)29(41)17-27-32(30(42-22(3)39)18-35(27,36)5)31(21(2)38)25-11-10-23-8-6-7-9-24(23)16-25/h6-11,16,20,26-30,33,40-41H,12-15,17-19,37H2,1-5H3/b32-31+/t20-,26-,27-,28+,29+,30-,33-,34-,35-,36+/m0/s1. The third kappa shape index (κ3) is 4.08. The summed E-state index contributed by atoms with van der Waals surface area (Å²) in [6.07, 6.45) is 2.98. The highest BCUT2D eigenvalue weighted by Gasteiger charge is 2.72. The second-order valence-corrected chi connectivity index (χ2v) is 14.5. The number of esters is 1. The molecule has 6 heteroatoms. The highest BCUT2D eigenvalue weighted by atomic mass is 16.5. The fourth-order valence-electron chi connectivity index (χ4n) is 10.9. The van der Waals surface area contributed by atoms with Gasteiger partial charge in [-0.2, -0.15) is 0 Å². The molecule has 0 radical (unpaired) electrons. The summed E-state index contributed by atoms with van der Waals surface area (Å²) in [6, 6.07) is 14.2. The molecular weight excluding hydrogens is 526 g/mol. The molecule has 0 spiro atoms. The van der Waals surface area contributed by atoms with Crippen molar-refractivity contribution >= 4 is 28.1 Å². The number of carbonyl (C=O) groups is 2. The Morgan fingerprint density at radius 1 is 1.00 bits per heavy atom. The van der Waals surface area contributed by atoms with Crippen LogP contribution in [0, 0.1) is 39.9 Å². The first-order valence-electron chi connectivity index (χ1n) is 15.9. The van der Waals surface area contributed by atoms with Crippen LogP contribution in [0.25, 0.3) is 16.3 Å². The van der Waals surface area contributed by atoms with E-state index >= 15 is 0 Å². The molecule has 2 aromatic carbocycles. The molecule has 6 nitrogen and oxygen atoms in total. The second-order valence-electron chi connectivity index (χ2n) is 14.5. The lowest BCUT2D eigenvalue weighted by Gasteiger charge is -2.69. The molecule has 0 unspecified atom stereocenters. The quantitative estimate of drug-likeness (QED) is 0.321. The maximum absolute atomic E-state index is 13.6. The van der Waals surface area contributed by atoms with Crippen LogP contribution in [0.1, 0.15) is 78.7 Å². The first-order chi connectivity index (χ1) is 19.9. The molecule has 4 N–H and O–H groups in total. The van der Waals surface area contributed by atoms with Crippen LogP contribution in [0.3, 0.4) is 0 Å². The van der Waals surface area contributed by atoms with Crippen molar-refractivity contribution in [2.45, 2.75) is 91.5 Å². The predicted octanol–water partition coefficient (Wildman–Crippen LogP) is 5.67. The Bertz CT molecular complexity index is 1450. The van der Waals surface area contributed by atoms with Gasteiger partial charge in [0.1, 0.15) is 6.10 Å². The van der Waals surface area contributed by atoms with E-state index in [-0.39, 0.29) is 46.4 Å². The van der Waals surface area contributed by atoms with Crippen LogP contribution in [0.15, 0.2) is 48.0 Å². The Labute approximate surface area is 249 Å². The third-order valence-corrected chi connectivity index (χ3v) is 12.7. The van der Waals surface area contributed by atoms with Crippen molar-refractivity contribution in [2.75, 3.05) is 6.54 Å². The van der Waals surface area contributed by atoms with E-state index in [1.807, 2.05) is 30.3 Å². The first-order valence-corrected chi connectivity index (χ1v) is 15.9. The first kappa shape index (κ1) is 29.5. The highest BCUT2D eigenvalue weighted by Crippen LogP contribution is 2.74. The Balaban J connectivity index is 1.54. The number of ether oxygens (including phenoxy) is 1. The molecule has 0 aromatic heterocycles. The molecule has 226 valence electrons. The lowest BCUT2D eigenvalue weighted by molar-refractivity contribution is -0.237. The Morgan fingerprint density at radius 2 is 1.71 bits per heavy atom. The molecule has 0 bridgehead atoms. The van der Waals surface area contributed by atoms with Gasteiger partial charge in [0.15, 0.2) is 5.78 Å². The van der Waals surface area contributed by atoms with E-state index in [0.29, 0.717) is 30.9 Å². The maximum Gasteiger partial charge on any atom is 0.303 e. The number of rotatable bonds is 4. The lowest BCUT2D eigenvalue weighted by atomic mass is 9.36. The number of fused-ring (bicyclic) bond motifs is 6. The van der Waals surface area contributed by atoms with Crippen molar-refractivity contribution in [1.82, 2.24) is 0 Å². The molecule has 42 heavy (non-hydrogen) atoms. The topological polar surface area (TPSA) is 110 Å². The number of aliphatic hydroxyl groups excluding tert-OH is 2. The van der Waals surface area contributed by atoms with Gasteiger partial charge in [0.05, 0.1) is 12.2 Å². The molecule has 2 aromatic rings. The number of nitrogens with two attached hydrogens (primary N) is 1. The summed E-state index contributed by atoms with van der Waals surface area (Å²) in [5.41, 5.74) is 8.18. The van der Waals surface area contributed by atoms with Crippen LogP contribution in [-0.4, -0.2) is 46.8 Å². The summed E-state index contributed by atoms with van der Waals surface area (Å²) in [5, 5.41) is 25.1. The minimum Gasteiger partial charge on any atom is -0.458 e. The number of hydrogen-bond donors (Lipinski definition) is 3. The van der Waals surface area contributed by atoms with E-state index in [1.165, 1.54) is 6.92 Å². The predicted molar refractivity (Wildman–Crippen MR) is 164 cm³/mol. The van der Waals surface area contributed by atoms with Crippen LogP contribution >= 0.6 is 0 Å².